The lowest BCUT2D eigenvalue weighted by atomic mass is 10.2. The lowest BCUT2D eigenvalue weighted by molar-refractivity contribution is -0.144. The van der Waals surface area contributed by atoms with Crippen LogP contribution in [0.15, 0.2) is 30.3 Å². The highest BCUT2D eigenvalue weighted by molar-refractivity contribution is 5.94. The van der Waals surface area contributed by atoms with E-state index < -0.39 is 12.0 Å². The molecule has 0 saturated carbocycles. The van der Waals surface area contributed by atoms with E-state index in [1.54, 1.807) is 32.2 Å². The van der Waals surface area contributed by atoms with Crippen molar-refractivity contribution in [2.75, 3.05) is 14.2 Å². The summed E-state index contributed by atoms with van der Waals surface area (Å²) in [7, 11) is 2.87. The van der Waals surface area contributed by atoms with Gasteiger partial charge >= 0.3 is 5.97 Å². The first kappa shape index (κ1) is 14.8. The molecule has 19 heavy (non-hydrogen) atoms. The molecule has 0 aliphatic heterocycles. The molecular weight excluding hydrogens is 246 g/mol. The minimum atomic E-state index is -0.669. The number of hydrogen-bond acceptors (Lipinski definition) is 4. The lowest BCUT2D eigenvalue weighted by Crippen LogP contribution is -2.38. The zero-order valence-corrected chi connectivity index (χ0v) is 11.2. The Bertz CT molecular complexity index is 465. The van der Waals surface area contributed by atoms with Gasteiger partial charge in [0, 0.05) is 6.08 Å². The summed E-state index contributed by atoms with van der Waals surface area (Å²) in [5.41, 5.74) is 0.863. The minimum absolute atomic E-state index is 0.353. The van der Waals surface area contributed by atoms with Crippen LogP contribution in [0.3, 0.4) is 0 Å². The van der Waals surface area contributed by atoms with Crippen LogP contribution in [0, 0.1) is 0 Å². The molecule has 0 aliphatic carbocycles. The van der Waals surface area contributed by atoms with Crippen LogP contribution in [-0.2, 0) is 14.3 Å². The van der Waals surface area contributed by atoms with Crippen LogP contribution >= 0.6 is 0 Å². The molecule has 5 nitrogen and oxygen atoms in total. The van der Waals surface area contributed by atoms with Crippen molar-refractivity contribution in [3.63, 3.8) is 0 Å². The smallest absolute Gasteiger partial charge is 0.328 e. The molecule has 0 unspecified atom stereocenters. The molecular formula is C14H17NO4. The molecule has 0 radical (unpaired) electrons. The Balaban J connectivity index is 2.55. The van der Waals surface area contributed by atoms with E-state index in [0.717, 1.165) is 11.3 Å². The van der Waals surface area contributed by atoms with Crippen molar-refractivity contribution < 1.29 is 19.1 Å². The van der Waals surface area contributed by atoms with Gasteiger partial charge in [0.1, 0.15) is 11.8 Å². The van der Waals surface area contributed by atoms with Crippen LogP contribution in [-0.4, -0.2) is 32.1 Å². The zero-order valence-electron chi connectivity index (χ0n) is 11.2. The van der Waals surface area contributed by atoms with Gasteiger partial charge in [-0.3, -0.25) is 4.79 Å². The Kier molecular flexibility index (Phi) is 5.60. The van der Waals surface area contributed by atoms with E-state index in [1.807, 2.05) is 12.1 Å². The van der Waals surface area contributed by atoms with Crippen molar-refractivity contribution in [2.45, 2.75) is 13.0 Å². The van der Waals surface area contributed by atoms with E-state index in [1.165, 1.54) is 13.2 Å². The van der Waals surface area contributed by atoms with E-state index in [9.17, 15) is 9.59 Å². The second-order valence-electron chi connectivity index (χ2n) is 3.86. The molecule has 1 aromatic rings. The summed E-state index contributed by atoms with van der Waals surface area (Å²) in [4.78, 5) is 22.7. The number of rotatable bonds is 5. The monoisotopic (exact) mass is 263 g/mol. The molecule has 1 amide bonds. The molecule has 0 heterocycles. The van der Waals surface area contributed by atoms with Gasteiger partial charge in [-0.1, -0.05) is 12.1 Å². The van der Waals surface area contributed by atoms with Gasteiger partial charge in [-0.2, -0.15) is 0 Å². The van der Waals surface area contributed by atoms with Crippen LogP contribution in [0.5, 0.6) is 5.75 Å². The summed E-state index contributed by atoms with van der Waals surface area (Å²) < 4.78 is 9.54. The second-order valence-corrected chi connectivity index (χ2v) is 3.86. The summed E-state index contributed by atoms with van der Waals surface area (Å²) in [5.74, 6) is -0.0826. The Morgan fingerprint density at radius 2 is 1.84 bits per heavy atom. The van der Waals surface area contributed by atoms with E-state index in [2.05, 4.69) is 10.1 Å². The molecule has 5 heteroatoms. The minimum Gasteiger partial charge on any atom is -0.497 e. The highest BCUT2D eigenvalue weighted by Crippen LogP contribution is 2.12. The predicted molar refractivity (Wildman–Crippen MR) is 71.6 cm³/mol. The van der Waals surface area contributed by atoms with Crippen LogP contribution in [0.1, 0.15) is 12.5 Å². The average Bonchev–Trinajstić information content (AvgIpc) is 2.44. The first-order valence-electron chi connectivity index (χ1n) is 5.77. The maximum absolute atomic E-state index is 11.5. The largest absolute Gasteiger partial charge is 0.497 e. The summed E-state index contributed by atoms with van der Waals surface area (Å²) in [6, 6.07) is 6.58. The first-order valence-corrected chi connectivity index (χ1v) is 5.77. The van der Waals surface area contributed by atoms with Gasteiger partial charge in [0.15, 0.2) is 0 Å². The SMILES string of the molecule is COC(=O)[C@@H](C)NC(=O)/C=C/c1ccc(OC)cc1. The maximum atomic E-state index is 11.5. The fourth-order valence-electron chi connectivity index (χ4n) is 1.38. The van der Waals surface area contributed by atoms with Crippen molar-refractivity contribution in [1.29, 1.82) is 0 Å². The van der Waals surface area contributed by atoms with Gasteiger partial charge in [0.25, 0.3) is 0 Å². The van der Waals surface area contributed by atoms with Crippen LogP contribution in [0.2, 0.25) is 0 Å². The van der Waals surface area contributed by atoms with Gasteiger partial charge in [-0.15, -0.1) is 0 Å². The molecule has 1 atom stereocenters. The van der Waals surface area contributed by atoms with Crippen molar-refractivity contribution in [2.24, 2.45) is 0 Å². The van der Waals surface area contributed by atoms with Gasteiger partial charge in [0.2, 0.25) is 5.91 Å². The number of nitrogens with one attached hydrogen (secondary N) is 1. The molecule has 0 spiro atoms. The van der Waals surface area contributed by atoms with Crippen LogP contribution in [0.4, 0.5) is 0 Å². The topological polar surface area (TPSA) is 64.6 Å². The standard InChI is InChI=1S/C14H17NO4/c1-10(14(17)19-3)15-13(16)9-6-11-4-7-12(18-2)8-5-11/h4-10H,1-3H3,(H,15,16)/b9-6+/t10-/m1/s1. The first-order chi connectivity index (χ1) is 9.06. The molecule has 0 aliphatic rings. The number of benzene rings is 1. The molecule has 1 N–H and O–H groups in total. The number of carbonyl (C=O) groups excluding carboxylic acids is 2. The summed E-state index contributed by atoms with van der Waals surface area (Å²) in [6.45, 7) is 1.56. The van der Waals surface area contributed by atoms with Gasteiger partial charge in [0.05, 0.1) is 14.2 Å². The second kappa shape index (κ2) is 7.20. The number of amides is 1. The lowest BCUT2D eigenvalue weighted by Gasteiger charge is -2.09. The van der Waals surface area contributed by atoms with Crippen molar-refractivity contribution in [3.8, 4) is 5.75 Å². The van der Waals surface area contributed by atoms with Crippen molar-refractivity contribution >= 4 is 18.0 Å². The highest BCUT2D eigenvalue weighted by Gasteiger charge is 2.13. The normalized spacial score (nSPS) is 11.9. The Labute approximate surface area is 112 Å². The summed E-state index contributed by atoms with van der Waals surface area (Å²) in [6.07, 6.45) is 3.01. The Morgan fingerprint density at radius 1 is 1.21 bits per heavy atom. The van der Waals surface area contributed by atoms with Gasteiger partial charge in [-0.25, -0.2) is 4.79 Å². The van der Waals surface area contributed by atoms with E-state index >= 15 is 0 Å². The molecule has 0 bridgehead atoms. The van der Waals surface area contributed by atoms with Crippen LogP contribution < -0.4 is 10.1 Å². The summed E-state index contributed by atoms with van der Waals surface area (Å²) >= 11 is 0. The van der Waals surface area contributed by atoms with E-state index in [-0.39, 0.29) is 5.91 Å². The molecule has 0 saturated heterocycles. The molecule has 0 fully saturated rings. The molecule has 0 aromatic heterocycles. The van der Waals surface area contributed by atoms with Gasteiger partial charge < -0.3 is 14.8 Å². The van der Waals surface area contributed by atoms with E-state index in [0.29, 0.717) is 0 Å². The third kappa shape index (κ3) is 4.83. The third-order valence-electron chi connectivity index (χ3n) is 2.46. The Hall–Kier alpha value is -2.30. The number of ether oxygens (including phenoxy) is 2. The number of hydrogen-bond donors (Lipinski definition) is 1. The number of methoxy groups -OCH3 is 2. The maximum Gasteiger partial charge on any atom is 0.328 e. The number of carbonyl (C=O) groups is 2. The molecule has 1 aromatic carbocycles. The van der Waals surface area contributed by atoms with Crippen molar-refractivity contribution in [1.82, 2.24) is 5.32 Å². The molecule has 1 rings (SSSR count). The number of esters is 1. The highest BCUT2D eigenvalue weighted by atomic mass is 16.5. The zero-order chi connectivity index (χ0) is 14.3. The Morgan fingerprint density at radius 3 is 2.37 bits per heavy atom. The summed E-state index contributed by atoms with van der Waals surface area (Å²) in [5, 5.41) is 2.50. The van der Waals surface area contributed by atoms with E-state index in [4.69, 9.17) is 4.74 Å². The van der Waals surface area contributed by atoms with Crippen LogP contribution in [0.25, 0.3) is 6.08 Å². The van der Waals surface area contributed by atoms with Gasteiger partial charge in [-0.05, 0) is 30.7 Å². The predicted octanol–water partition coefficient (Wildman–Crippen LogP) is 1.39. The van der Waals surface area contributed by atoms with Crippen molar-refractivity contribution in [3.05, 3.63) is 35.9 Å². The average molecular weight is 263 g/mol. The quantitative estimate of drug-likeness (QED) is 0.644. The molecule has 102 valence electrons. The third-order valence-corrected chi connectivity index (χ3v) is 2.46. The fourth-order valence-corrected chi connectivity index (χ4v) is 1.38. The fraction of sp³-hybridized carbons (Fsp3) is 0.286.